The van der Waals surface area contributed by atoms with Crippen molar-refractivity contribution in [3.63, 3.8) is 0 Å². The van der Waals surface area contributed by atoms with Gasteiger partial charge in [0.2, 0.25) is 0 Å². The van der Waals surface area contributed by atoms with Gasteiger partial charge >= 0.3 is 5.69 Å². The predicted molar refractivity (Wildman–Crippen MR) is 101 cm³/mol. The second-order valence-electron chi connectivity index (χ2n) is 5.30. The molecule has 0 saturated heterocycles. The van der Waals surface area contributed by atoms with Crippen molar-refractivity contribution in [1.82, 2.24) is 19.5 Å². The van der Waals surface area contributed by atoms with E-state index < -0.39 is 11.6 Å². The summed E-state index contributed by atoms with van der Waals surface area (Å²) in [5.74, 6) is -0.576. The van der Waals surface area contributed by atoms with Crippen LogP contribution in [0.1, 0.15) is 10.5 Å². The molecule has 0 aliphatic rings. The maximum Gasteiger partial charge on any atom is 0.333 e. The van der Waals surface area contributed by atoms with Crippen LogP contribution in [0.2, 0.25) is 10.0 Å². The third-order valence-corrected chi connectivity index (χ3v) is 5.27. The lowest BCUT2D eigenvalue weighted by Gasteiger charge is -2.06. The Morgan fingerprint density at radius 2 is 2.00 bits per heavy atom. The molecular weight excluding hydrogens is 397 g/mol. The Morgan fingerprint density at radius 3 is 2.65 bits per heavy atom. The summed E-state index contributed by atoms with van der Waals surface area (Å²) in [6.07, 6.45) is 0. The van der Waals surface area contributed by atoms with Crippen LogP contribution >= 0.6 is 34.5 Å². The molecule has 0 aliphatic carbocycles. The lowest BCUT2D eigenvalue weighted by atomic mass is 10.2. The number of aromatic amines is 1. The molecule has 1 aromatic carbocycles. The van der Waals surface area contributed by atoms with E-state index in [1.807, 2.05) is 5.38 Å². The highest BCUT2D eigenvalue weighted by atomic mass is 35.5. The predicted octanol–water partition coefficient (Wildman–Crippen LogP) is 3.24. The van der Waals surface area contributed by atoms with Gasteiger partial charge in [-0.1, -0.05) is 23.2 Å². The van der Waals surface area contributed by atoms with E-state index in [2.05, 4.69) is 15.0 Å². The number of H-pyrrole nitrogens is 1. The third kappa shape index (κ3) is 2.68. The Morgan fingerprint density at radius 1 is 1.19 bits per heavy atom. The quantitative estimate of drug-likeness (QED) is 0.545. The van der Waals surface area contributed by atoms with Gasteiger partial charge in [0.15, 0.2) is 17.2 Å². The van der Waals surface area contributed by atoms with Crippen molar-refractivity contribution < 1.29 is 4.79 Å². The molecule has 130 valence electrons. The number of hydrogen-bond donors (Lipinski definition) is 2. The number of primary amides is 1. The highest BCUT2D eigenvalue weighted by molar-refractivity contribution is 7.12. The molecule has 0 unspecified atom stereocenters. The summed E-state index contributed by atoms with van der Waals surface area (Å²) in [5, 5.41) is 3.17. The molecule has 3 heterocycles. The van der Waals surface area contributed by atoms with E-state index in [4.69, 9.17) is 28.9 Å². The summed E-state index contributed by atoms with van der Waals surface area (Å²) < 4.78 is 1.37. The molecule has 4 aromatic rings. The van der Waals surface area contributed by atoms with Crippen molar-refractivity contribution in [1.29, 1.82) is 0 Å². The SMILES string of the molecule is NC(=O)c1nc(-c2ccc(Cl)c(Cl)c2)nc2c1[nH]c(=O)n2-c1cccs1. The van der Waals surface area contributed by atoms with Crippen LogP contribution in [-0.2, 0) is 0 Å². The Labute approximate surface area is 160 Å². The fourth-order valence-corrected chi connectivity index (χ4v) is 3.56. The van der Waals surface area contributed by atoms with Crippen molar-refractivity contribution in [3.8, 4) is 16.4 Å². The molecule has 0 spiro atoms. The van der Waals surface area contributed by atoms with E-state index in [-0.39, 0.29) is 22.7 Å². The lowest BCUT2D eigenvalue weighted by Crippen LogP contribution is -2.15. The van der Waals surface area contributed by atoms with E-state index in [0.29, 0.717) is 20.6 Å². The molecular formula is C16H9Cl2N5O2S. The zero-order valence-electron chi connectivity index (χ0n) is 12.9. The lowest BCUT2D eigenvalue weighted by molar-refractivity contribution is 0.0997. The summed E-state index contributed by atoms with van der Waals surface area (Å²) in [6.45, 7) is 0. The molecule has 3 aromatic heterocycles. The van der Waals surface area contributed by atoms with Crippen LogP contribution in [0.25, 0.3) is 27.6 Å². The number of carbonyl (C=O) groups excluding carboxylic acids is 1. The normalized spacial score (nSPS) is 11.2. The standard InChI is InChI=1S/C16H9Cl2N5O2S/c17-8-4-3-7(6-9(8)18)14-20-11(13(19)24)12-15(22-14)23(16(25)21-12)10-2-1-5-26-10/h1-6H,(H2,19,24)(H,21,25). The number of nitrogens with zero attached hydrogens (tertiary/aromatic N) is 3. The van der Waals surface area contributed by atoms with Gasteiger partial charge in [0.25, 0.3) is 5.91 Å². The number of hydrogen-bond acceptors (Lipinski definition) is 5. The first kappa shape index (κ1) is 16.8. The van der Waals surface area contributed by atoms with Crippen LogP contribution in [0.4, 0.5) is 0 Å². The average Bonchev–Trinajstić information content (AvgIpc) is 3.22. The van der Waals surface area contributed by atoms with E-state index >= 15 is 0 Å². The average molecular weight is 406 g/mol. The first-order chi connectivity index (χ1) is 12.5. The van der Waals surface area contributed by atoms with Crippen LogP contribution < -0.4 is 11.4 Å². The van der Waals surface area contributed by atoms with Gasteiger partial charge in [0.1, 0.15) is 10.5 Å². The maximum atomic E-state index is 12.4. The van der Waals surface area contributed by atoms with Crippen molar-refractivity contribution in [2.45, 2.75) is 0 Å². The number of halogens is 2. The number of nitrogens with two attached hydrogens (primary N) is 1. The molecule has 1 amide bonds. The highest BCUT2D eigenvalue weighted by Crippen LogP contribution is 2.28. The molecule has 26 heavy (non-hydrogen) atoms. The summed E-state index contributed by atoms with van der Waals surface area (Å²) >= 11 is 13.4. The van der Waals surface area contributed by atoms with Gasteiger partial charge in [-0.3, -0.25) is 4.79 Å². The van der Waals surface area contributed by atoms with Crippen LogP contribution in [0.5, 0.6) is 0 Å². The first-order valence-electron chi connectivity index (χ1n) is 7.27. The van der Waals surface area contributed by atoms with Crippen LogP contribution in [-0.4, -0.2) is 25.4 Å². The van der Waals surface area contributed by atoms with Crippen LogP contribution in [0.15, 0.2) is 40.5 Å². The minimum Gasteiger partial charge on any atom is -0.364 e. The second kappa shape index (κ2) is 6.24. The van der Waals surface area contributed by atoms with Crippen LogP contribution in [0, 0.1) is 0 Å². The Balaban J connectivity index is 2.07. The Bertz CT molecular complexity index is 1210. The first-order valence-corrected chi connectivity index (χ1v) is 8.91. The van der Waals surface area contributed by atoms with Crippen molar-refractivity contribution >= 4 is 51.6 Å². The number of fused-ring (bicyclic) bond motifs is 1. The molecule has 0 fully saturated rings. The molecule has 7 nitrogen and oxygen atoms in total. The molecule has 0 aliphatic heterocycles. The molecule has 0 radical (unpaired) electrons. The number of rotatable bonds is 3. The zero-order valence-corrected chi connectivity index (χ0v) is 15.2. The molecule has 3 N–H and O–H groups in total. The second-order valence-corrected chi connectivity index (χ2v) is 7.04. The summed E-state index contributed by atoms with van der Waals surface area (Å²) in [7, 11) is 0. The molecule has 0 saturated carbocycles. The van der Waals surface area contributed by atoms with Crippen molar-refractivity contribution in [2.75, 3.05) is 0 Å². The largest absolute Gasteiger partial charge is 0.364 e. The fourth-order valence-electron chi connectivity index (χ4n) is 2.53. The smallest absolute Gasteiger partial charge is 0.333 e. The number of benzene rings is 1. The Kier molecular flexibility index (Phi) is 4.03. The van der Waals surface area contributed by atoms with E-state index in [1.165, 1.54) is 15.9 Å². The van der Waals surface area contributed by atoms with E-state index in [9.17, 15) is 9.59 Å². The topological polar surface area (TPSA) is 107 Å². The van der Waals surface area contributed by atoms with Crippen molar-refractivity contribution in [3.05, 3.63) is 61.9 Å². The summed E-state index contributed by atoms with van der Waals surface area (Å²) in [6, 6.07) is 8.42. The highest BCUT2D eigenvalue weighted by Gasteiger charge is 2.20. The van der Waals surface area contributed by atoms with Gasteiger partial charge in [-0.2, -0.15) is 0 Å². The number of aromatic nitrogens is 4. The van der Waals surface area contributed by atoms with Gasteiger partial charge in [-0.05, 0) is 35.7 Å². The summed E-state index contributed by atoms with van der Waals surface area (Å²) in [5.41, 5.74) is 5.90. The number of imidazole rings is 1. The fraction of sp³-hybridized carbons (Fsp3) is 0. The Hall–Kier alpha value is -2.68. The van der Waals surface area contributed by atoms with Gasteiger partial charge in [-0.15, -0.1) is 11.3 Å². The maximum absolute atomic E-state index is 12.4. The van der Waals surface area contributed by atoms with Crippen LogP contribution in [0.3, 0.4) is 0 Å². The number of nitrogens with one attached hydrogen (secondary N) is 1. The van der Waals surface area contributed by atoms with Gasteiger partial charge in [0, 0.05) is 5.56 Å². The molecule has 0 bridgehead atoms. The van der Waals surface area contributed by atoms with E-state index in [1.54, 1.807) is 30.3 Å². The minimum atomic E-state index is -0.779. The number of thiophene rings is 1. The minimum absolute atomic E-state index is 0.0801. The number of carbonyl (C=O) groups is 1. The van der Waals surface area contributed by atoms with E-state index in [0.717, 1.165) is 0 Å². The van der Waals surface area contributed by atoms with Gasteiger partial charge in [-0.25, -0.2) is 19.3 Å². The molecule has 10 heteroatoms. The van der Waals surface area contributed by atoms with Gasteiger partial charge < -0.3 is 10.7 Å². The molecule has 4 rings (SSSR count). The molecule has 0 atom stereocenters. The summed E-state index contributed by atoms with van der Waals surface area (Å²) in [4.78, 5) is 35.6. The monoisotopic (exact) mass is 405 g/mol. The van der Waals surface area contributed by atoms with Gasteiger partial charge in [0.05, 0.1) is 10.0 Å². The zero-order chi connectivity index (χ0) is 18.4. The number of amides is 1. The third-order valence-electron chi connectivity index (χ3n) is 3.67. The van der Waals surface area contributed by atoms with Crippen molar-refractivity contribution in [2.24, 2.45) is 5.73 Å².